The topological polar surface area (TPSA) is 86.8 Å². The van der Waals surface area contributed by atoms with Crippen LogP contribution < -0.4 is 9.62 Å². The first-order valence-corrected chi connectivity index (χ1v) is 15.4. The summed E-state index contributed by atoms with van der Waals surface area (Å²) in [6.45, 7) is 2.95. The van der Waals surface area contributed by atoms with Crippen molar-refractivity contribution in [2.24, 2.45) is 0 Å². The standard InChI is InChI=1S/C30H33Cl2N3O4S/c1-21-27(32)13-8-14-28(21)35(40(38,39)26-11-4-3-5-12-26)20-29(36)34(19-23-15-17-24(31)18-16-23)22(2)30(37)33-25-9-6-7-10-25/h3-5,8,11-18,22,25H,6-7,9-10,19-20H2,1-2H3,(H,33,37)/t22-/m0/s1. The summed E-state index contributed by atoms with van der Waals surface area (Å²) in [4.78, 5) is 28.8. The monoisotopic (exact) mass is 601 g/mol. The molecule has 1 atom stereocenters. The molecule has 212 valence electrons. The molecule has 0 radical (unpaired) electrons. The molecule has 1 saturated carbocycles. The Bertz CT molecular complexity index is 1440. The van der Waals surface area contributed by atoms with E-state index in [0.717, 1.165) is 35.6 Å². The lowest BCUT2D eigenvalue weighted by Gasteiger charge is -2.33. The first kappa shape index (κ1) is 29.9. The number of hydrogen-bond acceptors (Lipinski definition) is 4. The van der Waals surface area contributed by atoms with Crippen LogP contribution in [0.15, 0.2) is 77.7 Å². The van der Waals surface area contributed by atoms with Crippen LogP contribution in [0.25, 0.3) is 0 Å². The van der Waals surface area contributed by atoms with Crippen LogP contribution in [0.1, 0.15) is 43.7 Å². The number of anilines is 1. The zero-order valence-electron chi connectivity index (χ0n) is 22.5. The van der Waals surface area contributed by atoms with Crippen LogP contribution in [0.4, 0.5) is 5.69 Å². The molecule has 3 aromatic carbocycles. The van der Waals surface area contributed by atoms with Gasteiger partial charge in [0.2, 0.25) is 11.8 Å². The molecule has 1 aliphatic rings. The number of sulfonamides is 1. The van der Waals surface area contributed by atoms with Crippen molar-refractivity contribution in [3.05, 3.63) is 94.0 Å². The maximum atomic E-state index is 14.0. The fourth-order valence-electron chi connectivity index (χ4n) is 4.86. The van der Waals surface area contributed by atoms with Gasteiger partial charge in [0.25, 0.3) is 10.0 Å². The Morgan fingerprint density at radius 2 is 1.60 bits per heavy atom. The molecule has 7 nitrogen and oxygen atoms in total. The molecule has 0 unspecified atom stereocenters. The molecule has 1 fully saturated rings. The van der Waals surface area contributed by atoms with Gasteiger partial charge in [-0.15, -0.1) is 0 Å². The third kappa shape index (κ3) is 6.97. The molecule has 0 aliphatic heterocycles. The highest BCUT2D eigenvalue weighted by molar-refractivity contribution is 7.92. The van der Waals surface area contributed by atoms with Gasteiger partial charge in [0, 0.05) is 22.6 Å². The predicted molar refractivity (Wildman–Crippen MR) is 159 cm³/mol. The van der Waals surface area contributed by atoms with E-state index < -0.39 is 28.5 Å². The SMILES string of the molecule is Cc1c(Cl)cccc1N(CC(=O)N(Cc1ccc(Cl)cc1)[C@@H](C)C(=O)NC1CCCC1)S(=O)(=O)c1ccccc1. The van der Waals surface area contributed by atoms with Gasteiger partial charge in [0.15, 0.2) is 0 Å². The Labute approximate surface area is 246 Å². The highest BCUT2D eigenvalue weighted by Crippen LogP contribution is 2.31. The minimum absolute atomic E-state index is 0.0402. The summed E-state index contributed by atoms with van der Waals surface area (Å²) in [5.74, 6) is -0.798. The molecule has 2 amide bonds. The maximum absolute atomic E-state index is 14.0. The lowest BCUT2D eigenvalue weighted by molar-refractivity contribution is -0.139. The number of hydrogen-bond donors (Lipinski definition) is 1. The number of nitrogens with zero attached hydrogens (tertiary/aromatic N) is 2. The smallest absolute Gasteiger partial charge is 0.264 e. The van der Waals surface area contributed by atoms with E-state index in [4.69, 9.17) is 23.2 Å². The average molecular weight is 603 g/mol. The summed E-state index contributed by atoms with van der Waals surface area (Å²) in [6.07, 6.45) is 3.91. The van der Waals surface area contributed by atoms with Gasteiger partial charge in [-0.25, -0.2) is 8.42 Å². The third-order valence-corrected chi connectivity index (χ3v) is 9.69. The molecule has 4 rings (SSSR count). The van der Waals surface area contributed by atoms with Gasteiger partial charge < -0.3 is 10.2 Å². The van der Waals surface area contributed by atoms with E-state index in [0.29, 0.717) is 21.3 Å². The number of benzene rings is 3. The molecule has 0 aromatic heterocycles. The lowest BCUT2D eigenvalue weighted by Crippen LogP contribution is -2.52. The Hall–Kier alpha value is -3.07. The second-order valence-electron chi connectivity index (χ2n) is 10.0. The van der Waals surface area contributed by atoms with Crippen molar-refractivity contribution in [3.8, 4) is 0 Å². The van der Waals surface area contributed by atoms with Crippen LogP contribution >= 0.6 is 23.2 Å². The van der Waals surface area contributed by atoms with Crippen LogP contribution in [0.5, 0.6) is 0 Å². The van der Waals surface area contributed by atoms with Crippen molar-refractivity contribution in [3.63, 3.8) is 0 Å². The minimum atomic E-state index is -4.16. The molecule has 3 aromatic rings. The van der Waals surface area contributed by atoms with Crippen molar-refractivity contribution in [1.29, 1.82) is 0 Å². The van der Waals surface area contributed by atoms with E-state index >= 15 is 0 Å². The second kappa shape index (κ2) is 13.1. The molecular formula is C30H33Cl2N3O4S. The van der Waals surface area contributed by atoms with Gasteiger partial charge in [0.1, 0.15) is 12.6 Å². The summed E-state index contributed by atoms with van der Waals surface area (Å²) in [5, 5.41) is 3.99. The lowest BCUT2D eigenvalue weighted by atomic mass is 10.1. The molecule has 40 heavy (non-hydrogen) atoms. The van der Waals surface area contributed by atoms with Gasteiger partial charge in [0.05, 0.1) is 10.6 Å². The molecule has 1 N–H and O–H groups in total. The predicted octanol–water partition coefficient (Wildman–Crippen LogP) is 5.97. The van der Waals surface area contributed by atoms with Gasteiger partial charge in [-0.1, -0.05) is 72.4 Å². The molecule has 10 heteroatoms. The Balaban J connectivity index is 1.70. The van der Waals surface area contributed by atoms with E-state index in [2.05, 4.69) is 5.32 Å². The number of rotatable bonds is 10. The number of nitrogens with one attached hydrogen (secondary N) is 1. The largest absolute Gasteiger partial charge is 0.352 e. The zero-order valence-corrected chi connectivity index (χ0v) is 24.8. The Morgan fingerprint density at radius 3 is 2.25 bits per heavy atom. The van der Waals surface area contributed by atoms with E-state index in [-0.39, 0.29) is 23.4 Å². The Morgan fingerprint density at radius 1 is 0.950 bits per heavy atom. The maximum Gasteiger partial charge on any atom is 0.264 e. The number of carbonyl (C=O) groups excluding carboxylic acids is 2. The number of carbonyl (C=O) groups is 2. The molecule has 0 saturated heterocycles. The van der Waals surface area contributed by atoms with Crippen LogP contribution in [0.3, 0.4) is 0 Å². The summed E-state index contributed by atoms with van der Waals surface area (Å²) in [5.41, 5.74) is 1.57. The second-order valence-corrected chi connectivity index (χ2v) is 12.7. The quantitative estimate of drug-likeness (QED) is 0.310. The van der Waals surface area contributed by atoms with E-state index in [1.165, 1.54) is 17.0 Å². The van der Waals surface area contributed by atoms with Crippen LogP contribution in [0.2, 0.25) is 10.0 Å². The average Bonchev–Trinajstić information content (AvgIpc) is 3.46. The van der Waals surface area contributed by atoms with Crippen molar-refractivity contribution in [2.75, 3.05) is 10.8 Å². The highest BCUT2D eigenvalue weighted by Gasteiger charge is 2.34. The van der Waals surface area contributed by atoms with Gasteiger partial charge in [-0.2, -0.15) is 0 Å². The Kier molecular flexibility index (Phi) is 9.77. The van der Waals surface area contributed by atoms with Crippen LogP contribution in [-0.4, -0.2) is 43.8 Å². The van der Waals surface area contributed by atoms with E-state index in [9.17, 15) is 18.0 Å². The summed E-state index contributed by atoms with van der Waals surface area (Å²) < 4.78 is 28.9. The molecule has 0 spiro atoms. The number of halogens is 2. The normalized spacial score (nSPS) is 14.5. The first-order chi connectivity index (χ1) is 19.1. The van der Waals surface area contributed by atoms with E-state index in [1.807, 2.05) is 0 Å². The fraction of sp³-hybridized carbons (Fsp3) is 0.333. The molecular weight excluding hydrogens is 569 g/mol. The summed E-state index contributed by atoms with van der Waals surface area (Å²) in [6, 6.07) is 19.1. The van der Waals surface area contributed by atoms with Crippen LogP contribution in [-0.2, 0) is 26.2 Å². The molecule has 1 aliphatic carbocycles. The molecule has 0 bridgehead atoms. The third-order valence-electron chi connectivity index (χ3n) is 7.25. The van der Waals surface area contributed by atoms with Crippen molar-refractivity contribution >= 4 is 50.7 Å². The van der Waals surface area contributed by atoms with Crippen molar-refractivity contribution in [2.45, 2.75) is 63.1 Å². The highest BCUT2D eigenvalue weighted by atomic mass is 35.5. The van der Waals surface area contributed by atoms with Crippen molar-refractivity contribution < 1.29 is 18.0 Å². The van der Waals surface area contributed by atoms with Gasteiger partial charge in [-0.05, 0) is 74.2 Å². The first-order valence-electron chi connectivity index (χ1n) is 13.2. The number of amides is 2. The minimum Gasteiger partial charge on any atom is -0.352 e. The van der Waals surface area contributed by atoms with Crippen LogP contribution in [0, 0.1) is 6.92 Å². The zero-order chi connectivity index (χ0) is 28.9. The fourth-order valence-corrected chi connectivity index (χ4v) is 6.65. The van der Waals surface area contributed by atoms with Gasteiger partial charge >= 0.3 is 0 Å². The van der Waals surface area contributed by atoms with Crippen molar-refractivity contribution in [1.82, 2.24) is 10.2 Å². The summed E-state index contributed by atoms with van der Waals surface area (Å²) >= 11 is 12.4. The molecule has 0 heterocycles. The van der Waals surface area contributed by atoms with Gasteiger partial charge in [-0.3, -0.25) is 13.9 Å². The van der Waals surface area contributed by atoms with E-state index in [1.54, 1.807) is 74.5 Å². The summed E-state index contributed by atoms with van der Waals surface area (Å²) in [7, 11) is -4.16.